The summed E-state index contributed by atoms with van der Waals surface area (Å²) in [6.07, 6.45) is 2.79. The number of hydrogen-bond donors (Lipinski definition) is 2. The van der Waals surface area contributed by atoms with Crippen LogP contribution in [0.5, 0.6) is 0 Å². The van der Waals surface area contributed by atoms with Gasteiger partial charge in [0.25, 0.3) is 5.56 Å². The number of aliphatic hydroxyl groups is 1. The van der Waals surface area contributed by atoms with Gasteiger partial charge in [-0.05, 0) is 51.5 Å². The van der Waals surface area contributed by atoms with Gasteiger partial charge in [-0.1, -0.05) is 6.92 Å². The highest BCUT2D eigenvalue weighted by molar-refractivity contribution is 7.18. The molecule has 1 aliphatic carbocycles. The maximum absolute atomic E-state index is 12.6. The molecule has 3 rings (SSSR count). The molecule has 2 unspecified atom stereocenters. The first-order chi connectivity index (χ1) is 11.3. The van der Waals surface area contributed by atoms with Crippen molar-refractivity contribution in [2.24, 2.45) is 5.92 Å². The molecule has 0 aromatic carbocycles. The average Bonchev–Trinajstić information content (AvgIpc) is 2.83. The largest absolute Gasteiger partial charge is 0.392 e. The molecule has 6 heteroatoms. The second kappa shape index (κ2) is 6.94. The second-order valence-electron chi connectivity index (χ2n) is 7.42. The van der Waals surface area contributed by atoms with Crippen molar-refractivity contribution in [1.29, 1.82) is 0 Å². The minimum atomic E-state index is -0.404. The predicted molar refractivity (Wildman–Crippen MR) is 98.7 cm³/mol. The molecule has 0 spiro atoms. The minimum Gasteiger partial charge on any atom is -0.392 e. The molecule has 0 amide bonds. The van der Waals surface area contributed by atoms with Gasteiger partial charge in [-0.3, -0.25) is 9.69 Å². The lowest BCUT2D eigenvalue weighted by Crippen LogP contribution is -2.37. The molecule has 2 aromatic rings. The van der Waals surface area contributed by atoms with E-state index >= 15 is 0 Å². The number of H-pyrrole nitrogens is 1. The number of fused-ring (bicyclic) bond motifs is 3. The van der Waals surface area contributed by atoms with Crippen LogP contribution in [0.15, 0.2) is 4.79 Å². The monoisotopic (exact) mass is 349 g/mol. The van der Waals surface area contributed by atoms with Crippen molar-refractivity contribution in [3.8, 4) is 0 Å². The van der Waals surface area contributed by atoms with Crippen LogP contribution < -0.4 is 5.56 Å². The fraction of sp³-hybridized carbons (Fsp3) is 0.667. The van der Waals surface area contributed by atoms with Gasteiger partial charge in [-0.15, -0.1) is 11.3 Å². The van der Waals surface area contributed by atoms with Crippen molar-refractivity contribution in [3.63, 3.8) is 0 Å². The Kier molecular flexibility index (Phi) is 5.08. The molecule has 1 aliphatic rings. The smallest absolute Gasteiger partial charge is 0.259 e. The third-order valence-electron chi connectivity index (χ3n) is 4.80. The Morgan fingerprint density at radius 2 is 2.17 bits per heavy atom. The minimum absolute atomic E-state index is 0.0113. The van der Waals surface area contributed by atoms with Gasteiger partial charge in [-0.25, -0.2) is 4.98 Å². The number of rotatable bonds is 5. The highest BCUT2D eigenvalue weighted by Gasteiger charge is 2.23. The van der Waals surface area contributed by atoms with Crippen LogP contribution in [-0.4, -0.2) is 38.7 Å². The Bertz CT molecular complexity index is 778. The van der Waals surface area contributed by atoms with Crippen LogP contribution in [0, 0.1) is 5.92 Å². The number of thiophene rings is 1. The van der Waals surface area contributed by atoms with E-state index < -0.39 is 6.10 Å². The van der Waals surface area contributed by atoms with Gasteiger partial charge in [0.15, 0.2) is 0 Å². The summed E-state index contributed by atoms with van der Waals surface area (Å²) in [6.45, 7) is 9.34. The summed E-state index contributed by atoms with van der Waals surface area (Å²) in [4.78, 5) is 24.7. The zero-order valence-electron chi connectivity index (χ0n) is 14.9. The van der Waals surface area contributed by atoms with Crippen LogP contribution in [0.3, 0.4) is 0 Å². The van der Waals surface area contributed by atoms with Gasteiger partial charge >= 0.3 is 0 Å². The summed E-state index contributed by atoms with van der Waals surface area (Å²) in [7, 11) is 0. The lowest BCUT2D eigenvalue weighted by atomic mass is 9.89. The number of aliphatic hydroxyl groups excluding tert-OH is 1. The van der Waals surface area contributed by atoms with E-state index in [9.17, 15) is 9.90 Å². The van der Waals surface area contributed by atoms with Crippen molar-refractivity contribution in [2.45, 2.75) is 65.6 Å². The lowest BCUT2D eigenvalue weighted by molar-refractivity contribution is 0.101. The standard InChI is InChI=1S/C18H27N3O2S/c1-10(2)21(8-12(4)22)9-15-19-17(23)16-13-6-5-11(3)7-14(13)24-18(16)20-15/h10-12,22H,5-9H2,1-4H3,(H,19,20,23). The molecular formula is C18H27N3O2S. The normalized spacial score (nSPS) is 19.2. The molecule has 0 aliphatic heterocycles. The number of hydrogen-bond acceptors (Lipinski definition) is 5. The maximum Gasteiger partial charge on any atom is 0.259 e. The molecule has 0 saturated carbocycles. The number of aromatic amines is 1. The first kappa shape index (κ1) is 17.6. The fourth-order valence-electron chi connectivity index (χ4n) is 3.46. The summed E-state index contributed by atoms with van der Waals surface area (Å²) in [5.41, 5.74) is 1.21. The van der Waals surface area contributed by atoms with Crippen molar-refractivity contribution < 1.29 is 5.11 Å². The molecule has 2 heterocycles. The van der Waals surface area contributed by atoms with E-state index in [0.717, 1.165) is 29.5 Å². The number of nitrogens with zero attached hydrogens (tertiary/aromatic N) is 2. The van der Waals surface area contributed by atoms with Gasteiger partial charge in [0, 0.05) is 17.5 Å². The second-order valence-corrected chi connectivity index (χ2v) is 8.50. The molecule has 132 valence electrons. The molecule has 0 saturated heterocycles. The first-order valence-electron chi connectivity index (χ1n) is 8.80. The Labute approximate surface area is 146 Å². The predicted octanol–water partition coefficient (Wildman–Crippen LogP) is 2.70. The Hall–Kier alpha value is -1.24. The van der Waals surface area contributed by atoms with E-state index in [1.54, 1.807) is 18.3 Å². The lowest BCUT2D eigenvalue weighted by Gasteiger charge is -2.27. The molecule has 24 heavy (non-hydrogen) atoms. The van der Waals surface area contributed by atoms with Crippen molar-refractivity contribution in [3.05, 3.63) is 26.6 Å². The van der Waals surface area contributed by atoms with Gasteiger partial charge in [0.1, 0.15) is 10.7 Å². The van der Waals surface area contributed by atoms with E-state index in [1.165, 1.54) is 10.4 Å². The van der Waals surface area contributed by atoms with Gasteiger partial charge in [0.05, 0.1) is 18.0 Å². The highest BCUT2D eigenvalue weighted by Crippen LogP contribution is 2.35. The Morgan fingerprint density at radius 1 is 1.42 bits per heavy atom. The van der Waals surface area contributed by atoms with E-state index in [-0.39, 0.29) is 11.6 Å². The third kappa shape index (κ3) is 3.55. The number of aryl methyl sites for hydroxylation is 1. The van der Waals surface area contributed by atoms with Crippen LogP contribution in [0.4, 0.5) is 0 Å². The Balaban J connectivity index is 1.95. The molecule has 0 radical (unpaired) electrons. The molecule has 2 atom stereocenters. The summed E-state index contributed by atoms with van der Waals surface area (Å²) >= 11 is 1.68. The summed E-state index contributed by atoms with van der Waals surface area (Å²) < 4.78 is 0. The molecule has 2 N–H and O–H groups in total. The number of aromatic nitrogens is 2. The van der Waals surface area contributed by atoms with E-state index in [0.29, 0.717) is 24.8 Å². The zero-order chi connectivity index (χ0) is 17.4. The molecular weight excluding hydrogens is 322 g/mol. The van der Waals surface area contributed by atoms with E-state index in [2.05, 4.69) is 30.7 Å². The van der Waals surface area contributed by atoms with Crippen LogP contribution in [0.2, 0.25) is 0 Å². The molecule has 2 aromatic heterocycles. The van der Waals surface area contributed by atoms with E-state index in [1.807, 2.05) is 0 Å². The quantitative estimate of drug-likeness (QED) is 0.871. The number of nitrogens with one attached hydrogen (secondary N) is 1. The summed E-state index contributed by atoms with van der Waals surface area (Å²) in [6, 6.07) is 0.276. The third-order valence-corrected chi connectivity index (χ3v) is 5.94. The van der Waals surface area contributed by atoms with Crippen LogP contribution in [-0.2, 0) is 19.4 Å². The average molecular weight is 350 g/mol. The van der Waals surface area contributed by atoms with Gasteiger partial charge in [0.2, 0.25) is 0 Å². The molecule has 0 bridgehead atoms. The molecule has 0 fully saturated rings. The summed E-state index contributed by atoms with van der Waals surface area (Å²) in [5.74, 6) is 1.38. The van der Waals surface area contributed by atoms with Crippen molar-refractivity contribution >= 4 is 21.6 Å². The van der Waals surface area contributed by atoms with Gasteiger partial charge < -0.3 is 10.1 Å². The maximum atomic E-state index is 12.6. The Morgan fingerprint density at radius 3 is 2.83 bits per heavy atom. The fourth-order valence-corrected chi connectivity index (χ4v) is 4.86. The topological polar surface area (TPSA) is 69.2 Å². The highest BCUT2D eigenvalue weighted by atomic mass is 32.1. The SMILES string of the molecule is CC(O)CN(Cc1nc2sc3c(c2c(=O)[nH]1)CCC(C)C3)C(C)C. The van der Waals surface area contributed by atoms with Crippen LogP contribution >= 0.6 is 11.3 Å². The molecule has 5 nitrogen and oxygen atoms in total. The van der Waals surface area contributed by atoms with Crippen molar-refractivity contribution in [1.82, 2.24) is 14.9 Å². The van der Waals surface area contributed by atoms with Crippen LogP contribution in [0.25, 0.3) is 10.2 Å². The van der Waals surface area contributed by atoms with Gasteiger partial charge in [-0.2, -0.15) is 0 Å². The van der Waals surface area contributed by atoms with Crippen LogP contribution in [0.1, 0.15) is 50.4 Å². The first-order valence-corrected chi connectivity index (χ1v) is 9.62. The van der Waals surface area contributed by atoms with E-state index in [4.69, 9.17) is 4.98 Å². The zero-order valence-corrected chi connectivity index (χ0v) is 15.7. The van der Waals surface area contributed by atoms with Crippen molar-refractivity contribution in [2.75, 3.05) is 6.54 Å². The summed E-state index contributed by atoms with van der Waals surface area (Å²) in [5, 5.41) is 10.5.